The Morgan fingerprint density at radius 2 is 1.83 bits per heavy atom. The van der Waals surface area contributed by atoms with Gasteiger partial charge in [0, 0.05) is 4.47 Å². The van der Waals surface area contributed by atoms with Crippen LogP contribution in [0, 0.1) is 0 Å². The van der Waals surface area contributed by atoms with Crippen LogP contribution in [0.3, 0.4) is 0 Å². The van der Waals surface area contributed by atoms with Crippen molar-refractivity contribution < 1.29 is 14.6 Å². The Labute approximate surface area is 121 Å². The fraction of sp³-hybridized carbons (Fsp3) is 0. The average Bonchev–Trinajstić information content (AvgIpc) is 2.33. The largest absolute Gasteiger partial charge is 0.507 e. The van der Waals surface area contributed by atoms with Crippen LogP contribution in [0.25, 0.3) is 0 Å². The summed E-state index contributed by atoms with van der Waals surface area (Å²) in [5.41, 5.74) is 0.132. The number of phenols is 1. The molecule has 0 aliphatic rings. The molecule has 0 saturated heterocycles. The van der Waals surface area contributed by atoms with Gasteiger partial charge in [-0.05, 0) is 46.3 Å². The highest BCUT2D eigenvalue weighted by molar-refractivity contribution is 9.11. The third-order valence-corrected chi connectivity index (χ3v) is 3.33. The van der Waals surface area contributed by atoms with Crippen LogP contribution in [0.15, 0.2) is 51.4 Å². The van der Waals surface area contributed by atoms with Crippen molar-refractivity contribution >= 4 is 37.8 Å². The van der Waals surface area contributed by atoms with Gasteiger partial charge in [0.2, 0.25) is 0 Å². The van der Waals surface area contributed by atoms with Gasteiger partial charge in [0.05, 0.1) is 4.47 Å². The Hall–Kier alpha value is -1.33. The number of hydrogen-bond donors (Lipinski definition) is 1. The van der Waals surface area contributed by atoms with E-state index in [2.05, 4.69) is 31.9 Å². The van der Waals surface area contributed by atoms with Crippen molar-refractivity contribution in [2.24, 2.45) is 0 Å². The Bertz CT molecular complexity index is 597. The molecule has 18 heavy (non-hydrogen) atoms. The number of esters is 1. The minimum absolute atomic E-state index is 0.101. The maximum atomic E-state index is 11.9. The zero-order valence-electron chi connectivity index (χ0n) is 9.06. The highest BCUT2D eigenvalue weighted by Gasteiger charge is 2.14. The van der Waals surface area contributed by atoms with Crippen LogP contribution in [-0.2, 0) is 0 Å². The zero-order valence-corrected chi connectivity index (χ0v) is 12.2. The Morgan fingerprint density at radius 1 is 1.11 bits per heavy atom. The number of carbonyl (C=O) groups excluding carboxylic acids is 1. The minimum Gasteiger partial charge on any atom is -0.507 e. The van der Waals surface area contributed by atoms with E-state index in [1.54, 1.807) is 30.3 Å². The summed E-state index contributed by atoms with van der Waals surface area (Å²) in [5, 5.41) is 9.55. The van der Waals surface area contributed by atoms with Crippen LogP contribution in [0.1, 0.15) is 10.4 Å². The van der Waals surface area contributed by atoms with Crippen LogP contribution < -0.4 is 4.74 Å². The van der Waals surface area contributed by atoms with Gasteiger partial charge in [-0.25, -0.2) is 4.79 Å². The molecule has 0 bridgehead atoms. The molecule has 0 amide bonds. The number of para-hydroxylation sites is 1. The number of ether oxygens (including phenoxy) is 1. The van der Waals surface area contributed by atoms with E-state index in [0.717, 1.165) is 4.47 Å². The van der Waals surface area contributed by atoms with Crippen molar-refractivity contribution in [3.8, 4) is 11.5 Å². The van der Waals surface area contributed by atoms with E-state index < -0.39 is 5.97 Å². The van der Waals surface area contributed by atoms with Crippen LogP contribution >= 0.6 is 31.9 Å². The number of rotatable bonds is 2. The number of benzene rings is 2. The maximum absolute atomic E-state index is 11.9. The lowest BCUT2D eigenvalue weighted by atomic mass is 10.2. The smallest absolute Gasteiger partial charge is 0.347 e. The van der Waals surface area contributed by atoms with Gasteiger partial charge < -0.3 is 9.84 Å². The fourth-order valence-electron chi connectivity index (χ4n) is 1.36. The van der Waals surface area contributed by atoms with Crippen molar-refractivity contribution in [3.05, 3.63) is 57.0 Å². The highest BCUT2D eigenvalue weighted by Crippen LogP contribution is 2.29. The monoisotopic (exact) mass is 370 g/mol. The normalized spacial score (nSPS) is 10.1. The number of carbonyl (C=O) groups is 1. The van der Waals surface area contributed by atoms with Gasteiger partial charge in [0.1, 0.15) is 17.1 Å². The summed E-state index contributed by atoms with van der Waals surface area (Å²) in [6.45, 7) is 0. The molecule has 92 valence electrons. The Morgan fingerprint density at radius 3 is 2.50 bits per heavy atom. The summed E-state index contributed by atoms with van der Waals surface area (Å²) in [6, 6.07) is 11.4. The van der Waals surface area contributed by atoms with Crippen molar-refractivity contribution in [1.29, 1.82) is 0 Å². The lowest BCUT2D eigenvalue weighted by Gasteiger charge is -2.07. The molecular formula is C13H8Br2O3. The molecule has 0 unspecified atom stereocenters. The number of aromatic hydroxyl groups is 1. The van der Waals surface area contributed by atoms with Crippen molar-refractivity contribution in [2.45, 2.75) is 0 Å². The van der Waals surface area contributed by atoms with Gasteiger partial charge in [0.25, 0.3) is 0 Å². The lowest BCUT2D eigenvalue weighted by molar-refractivity contribution is 0.0730. The molecule has 2 rings (SSSR count). The molecule has 0 saturated carbocycles. The standard InChI is InChI=1S/C13H8Br2O3/c14-8-5-6-12(10(15)7-8)18-13(17)9-3-1-2-4-11(9)16/h1-7,16H. The second-order valence-corrected chi connectivity index (χ2v) is 5.25. The van der Waals surface area contributed by atoms with Crippen molar-refractivity contribution in [1.82, 2.24) is 0 Å². The minimum atomic E-state index is -0.601. The van der Waals surface area contributed by atoms with Crippen molar-refractivity contribution in [3.63, 3.8) is 0 Å². The summed E-state index contributed by atoms with van der Waals surface area (Å²) in [5.74, 6) is -0.307. The Kier molecular flexibility index (Phi) is 4.04. The van der Waals surface area contributed by atoms with Crippen LogP contribution in [0.2, 0.25) is 0 Å². The number of phenolic OH excluding ortho intramolecular Hbond substituents is 1. The van der Waals surface area contributed by atoms with Gasteiger partial charge in [-0.1, -0.05) is 28.1 Å². The predicted molar refractivity (Wildman–Crippen MR) is 74.9 cm³/mol. The van der Waals surface area contributed by atoms with E-state index in [0.29, 0.717) is 10.2 Å². The van der Waals surface area contributed by atoms with E-state index in [4.69, 9.17) is 4.74 Å². The van der Waals surface area contributed by atoms with Gasteiger partial charge in [-0.15, -0.1) is 0 Å². The molecule has 0 atom stereocenters. The van der Waals surface area contributed by atoms with Gasteiger partial charge >= 0.3 is 5.97 Å². The first-order valence-electron chi connectivity index (χ1n) is 5.03. The lowest BCUT2D eigenvalue weighted by Crippen LogP contribution is -2.08. The van der Waals surface area contributed by atoms with Gasteiger partial charge in [0.15, 0.2) is 0 Å². The van der Waals surface area contributed by atoms with E-state index >= 15 is 0 Å². The molecular weight excluding hydrogens is 364 g/mol. The van der Waals surface area contributed by atoms with Crippen molar-refractivity contribution in [2.75, 3.05) is 0 Å². The predicted octanol–water partition coefficient (Wildman–Crippen LogP) is 4.14. The maximum Gasteiger partial charge on any atom is 0.347 e. The third-order valence-electron chi connectivity index (χ3n) is 2.22. The van der Waals surface area contributed by atoms with Crippen LogP contribution in [0.4, 0.5) is 0 Å². The Balaban J connectivity index is 2.24. The molecule has 0 heterocycles. The molecule has 2 aromatic rings. The first-order valence-corrected chi connectivity index (χ1v) is 6.62. The van der Waals surface area contributed by atoms with Gasteiger partial charge in [-0.2, -0.15) is 0 Å². The summed E-state index contributed by atoms with van der Waals surface area (Å²) >= 11 is 6.61. The zero-order chi connectivity index (χ0) is 13.1. The molecule has 0 aromatic heterocycles. The third kappa shape index (κ3) is 2.91. The SMILES string of the molecule is O=C(Oc1ccc(Br)cc1Br)c1ccccc1O. The summed E-state index contributed by atoms with van der Waals surface area (Å²) in [7, 11) is 0. The first-order chi connectivity index (χ1) is 8.58. The summed E-state index contributed by atoms with van der Waals surface area (Å²) in [6.07, 6.45) is 0. The summed E-state index contributed by atoms with van der Waals surface area (Å²) in [4.78, 5) is 11.9. The molecule has 0 aliphatic heterocycles. The van der Waals surface area contributed by atoms with E-state index in [1.807, 2.05) is 0 Å². The first kappa shape index (κ1) is 13.1. The topological polar surface area (TPSA) is 46.5 Å². The van der Waals surface area contributed by atoms with E-state index in [-0.39, 0.29) is 11.3 Å². The van der Waals surface area contributed by atoms with Crippen LogP contribution in [0.5, 0.6) is 11.5 Å². The molecule has 0 aliphatic carbocycles. The summed E-state index contributed by atoms with van der Waals surface area (Å²) < 4.78 is 6.73. The molecule has 1 N–H and O–H groups in total. The van der Waals surface area contributed by atoms with E-state index in [9.17, 15) is 9.90 Å². The quantitative estimate of drug-likeness (QED) is 0.637. The van der Waals surface area contributed by atoms with E-state index in [1.165, 1.54) is 12.1 Å². The number of halogens is 2. The molecule has 3 nitrogen and oxygen atoms in total. The molecule has 0 spiro atoms. The second-order valence-electron chi connectivity index (χ2n) is 3.48. The molecule has 2 aromatic carbocycles. The molecule has 0 fully saturated rings. The number of hydrogen-bond acceptors (Lipinski definition) is 3. The average molecular weight is 372 g/mol. The van der Waals surface area contributed by atoms with Gasteiger partial charge in [-0.3, -0.25) is 0 Å². The molecule has 5 heteroatoms. The molecule has 0 radical (unpaired) electrons. The second kappa shape index (κ2) is 5.54. The van der Waals surface area contributed by atoms with Crippen LogP contribution in [-0.4, -0.2) is 11.1 Å². The fourth-order valence-corrected chi connectivity index (χ4v) is 2.49. The highest BCUT2D eigenvalue weighted by atomic mass is 79.9.